The molecule has 5 nitrogen and oxygen atoms in total. The van der Waals surface area contributed by atoms with Gasteiger partial charge in [-0.3, -0.25) is 9.36 Å². The number of aryl methyl sites for hydroxylation is 3. The normalized spacial score (nSPS) is 12.9. The second-order valence-corrected chi connectivity index (χ2v) is 5.38. The van der Waals surface area contributed by atoms with Crippen LogP contribution in [0.2, 0.25) is 0 Å². The highest BCUT2D eigenvalue weighted by Crippen LogP contribution is 2.29. The molecule has 2 rings (SSSR count). The third-order valence-electron chi connectivity index (χ3n) is 3.04. The van der Waals surface area contributed by atoms with Gasteiger partial charge in [0, 0.05) is 13.1 Å². The second-order valence-electron chi connectivity index (χ2n) is 4.53. The number of hydrogen-bond acceptors (Lipinski definition) is 3. The maximum atomic E-state index is 10.6. The maximum Gasteiger partial charge on any atom is 0.138 e. The third-order valence-corrected chi connectivity index (χ3v) is 3.65. The molecule has 1 unspecified atom stereocenters. The Bertz CT molecular complexity index is 561. The number of halogens is 1. The van der Waals surface area contributed by atoms with Gasteiger partial charge in [-0.05, 0) is 42.3 Å². The molecule has 0 spiro atoms. The Kier molecular flexibility index (Phi) is 4.42. The Hall–Kier alpha value is -1.14. The van der Waals surface area contributed by atoms with Crippen LogP contribution in [0.5, 0.6) is 0 Å². The molecule has 0 aliphatic carbocycles. The van der Waals surface area contributed by atoms with Crippen LogP contribution in [-0.4, -0.2) is 24.7 Å². The van der Waals surface area contributed by atoms with Gasteiger partial charge in [0.25, 0.3) is 0 Å². The molecule has 19 heavy (non-hydrogen) atoms. The number of rotatable bonds is 5. The lowest BCUT2D eigenvalue weighted by Crippen LogP contribution is -2.14. The van der Waals surface area contributed by atoms with Crippen molar-refractivity contribution in [2.75, 3.05) is 0 Å². The van der Waals surface area contributed by atoms with Crippen molar-refractivity contribution in [3.05, 3.63) is 33.8 Å². The van der Waals surface area contributed by atoms with Gasteiger partial charge in [-0.15, -0.1) is 0 Å². The number of aliphatic hydroxyl groups excluding tert-OH is 1. The summed E-state index contributed by atoms with van der Waals surface area (Å²) < 4.78 is 4.50. The zero-order valence-electron chi connectivity index (χ0n) is 11.5. The molecule has 0 bridgehead atoms. The topological polar surface area (TPSA) is 55.9 Å². The molecule has 1 N–H and O–H groups in total. The van der Waals surface area contributed by atoms with Crippen LogP contribution in [0.4, 0.5) is 0 Å². The molecule has 0 amide bonds. The van der Waals surface area contributed by atoms with Crippen LogP contribution < -0.4 is 0 Å². The minimum atomic E-state index is -0.718. The van der Waals surface area contributed by atoms with E-state index in [2.05, 4.69) is 33.1 Å². The average molecular weight is 327 g/mol. The van der Waals surface area contributed by atoms with E-state index < -0.39 is 6.10 Å². The molecule has 0 saturated heterocycles. The van der Waals surface area contributed by atoms with Gasteiger partial charge in [0.1, 0.15) is 6.10 Å². The summed E-state index contributed by atoms with van der Waals surface area (Å²) in [7, 11) is 0. The van der Waals surface area contributed by atoms with Crippen LogP contribution in [0.1, 0.15) is 43.5 Å². The van der Waals surface area contributed by atoms with E-state index in [1.165, 1.54) is 0 Å². The predicted octanol–water partition coefficient (Wildman–Crippen LogP) is 2.66. The van der Waals surface area contributed by atoms with Crippen LogP contribution in [0.3, 0.4) is 0 Å². The molecule has 6 heteroatoms. The maximum absolute atomic E-state index is 10.6. The van der Waals surface area contributed by atoms with Crippen LogP contribution >= 0.6 is 15.9 Å². The molecule has 0 aliphatic heterocycles. The van der Waals surface area contributed by atoms with Crippen molar-refractivity contribution in [2.45, 2.75) is 46.4 Å². The first-order chi connectivity index (χ1) is 9.08. The monoisotopic (exact) mass is 326 g/mol. The van der Waals surface area contributed by atoms with Crippen molar-refractivity contribution in [1.29, 1.82) is 0 Å². The van der Waals surface area contributed by atoms with Gasteiger partial charge in [0.05, 0.1) is 27.8 Å². The summed E-state index contributed by atoms with van der Waals surface area (Å²) in [6.45, 7) is 7.56. The number of hydrogen-bond donors (Lipinski definition) is 1. The Morgan fingerprint density at radius 1 is 1.37 bits per heavy atom. The number of nitrogens with zero attached hydrogens (tertiary/aromatic N) is 4. The van der Waals surface area contributed by atoms with Crippen LogP contribution in [-0.2, 0) is 13.1 Å². The van der Waals surface area contributed by atoms with Crippen molar-refractivity contribution in [1.82, 2.24) is 19.6 Å². The van der Waals surface area contributed by atoms with E-state index >= 15 is 0 Å². The number of aliphatic hydroxyl groups is 1. The predicted molar refractivity (Wildman–Crippen MR) is 76.9 cm³/mol. The molecule has 104 valence electrons. The zero-order chi connectivity index (χ0) is 14.0. The van der Waals surface area contributed by atoms with Gasteiger partial charge in [-0.25, -0.2) is 0 Å². The standard InChI is InChI=1S/C13H19BrN4O/c1-4-6-18-12(10(14)8-15-18)13(19)11-7-9(3)16-17(11)5-2/h7-8,13,19H,4-6H2,1-3H3. The van der Waals surface area contributed by atoms with Crippen LogP contribution in [0.25, 0.3) is 0 Å². The molecule has 0 radical (unpaired) electrons. The summed E-state index contributed by atoms with van der Waals surface area (Å²) in [6, 6.07) is 1.92. The Balaban J connectivity index is 2.43. The van der Waals surface area contributed by atoms with Crippen LogP contribution in [0.15, 0.2) is 16.7 Å². The fourth-order valence-corrected chi connectivity index (χ4v) is 2.73. The lowest BCUT2D eigenvalue weighted by atomic mass is 10.1. The van der Waals surface area contributed by atoms with E-state index in [9.17, 15) is 5.11 Å². The average Bonchev–Trinajstić information content (AvgIpc) is 2.93. The quantitative estimate of drug-likeness (QED) is 0.919. The number of aromatic nitrogens is 4. The van der Waals surface area contributed by atoms with E-state index in [1.54, 1.807) is 6.20 Å². The fraction of sp³-hybridized carbons (Fsp3) is 0.538. The molecule has 1 atom stereocenters. The molecular weight excluding hydrogens is 308 g/mol. The summed E-state index contributed by atoms with van der Waals surface area (Å²) >= 11 is 3.47. The zero-order valence-corrected chi connectivity index (χ0v) is 13.1. The van der Waals surface area contributed by atoms with E-state index in [4.69, 9.17) is 0 Å². The van der Waals surface area contributed by atoms with E-state index in [1.807, 2.05) is 29.3 Å². The van der Waals surface area contributed by atoms with Crippen molar-refractivity contribution < 1.29 is 5.11 Å². The highest BCUT2D eigenvalue weighted by atomic mass is 79.9. The van der Waals surface area contributed by atoms with E-state index in [0.29, 0.717) is 0 Å². The van der Waals surface area contributed by atoms with E-state index in [-0.39, 0.29) is 0 Å². The SMILES string of the molecule is CCCn1ncc(Br)c1C(O)c1cc(C)nn1CC. The minimum Gasteiger partial charge on any atom is -0.380 e. The molecule has 0 aliphatic rings. The van der Waals surface area contributed by atoms with Crippen molar-refractivity contribution in [3.8, 4) is 0 Å². The lowest BCUT2D eigenvalue weighted by Gasteiger charge is -2.15. The van der Waals surface area contributed by atoms with Crippen molar-refractivity contribution in [2.24, 2.45) is 0 Å². The summed E-state index contributed by atoms with van der Waals surface area (Å²) in [4.78, 5) is 0. The molecule has 2 heterocycles. The van der Waals surface area contributed by atoms with Gasteiger partial charge in [-0.1, -0.05) is 6.92 Å². The highest BCUT2D eigenvalue weighted by Gasteiger charge is 2.22. The highest BCUT2D eigenvalue weighted by molar-refractivity contribution is 9.10. The largest absolute Gasteiger partial charge is 0.380 e. The Morgan fingerprint density at radius 2 is 2.11 bits per heavy atom. The van der Waals surface area contributed by atoms with Crippen LogP contribution in [0, 0.1) is 6.92 Å². The first-order valence-corrected chi connectivity index (χ1v) is 7.31. The summed E-state index contributed by atoms with van der Waals surface area (Å²) in [5, 5.41) is 19.3. The van der Waals surface area contributed by atoms with Gasteiger partial charge in [-0.2, -0.15) is 10.2 Å². The second kappa shape index (κ2) is 5.88. The van der Waals surface area contributed by atoms with Gasteiger partial charge >= 0.3 is 0 Å². The smallest absolute Gasteiger partial charge is 0.138 e. The summed E-state index contributed by atoms with van der Waals surface area (Å²) in [5.74, 6) is 0. The first kappa shape index (κ1) is 14.3. The Morgan fingerprint density at radius 3 is 2.74 bits per heavy atom. The summed E-state index contributed by atoms with van der Waals surface area (Å²) in [5.41, 5.74) is 2.50. The minimum absolute atomic E-state index is 0.718. The Labute approximate surface area is 121 Å². The van der Waals surface area contributed by atoms with Crippen molar-refractivity contribution in [3.63, 3.8) is 0 Å². The molecule has 0 saturated carbocycles. The molecule has 2 aromatic rings. The van der Waals surface area contributed by atoms with E-state index in [0.717, 1.165) is 41.1 Å². The molecule has 0 aromatic carbocycles. The molecule has 0 fully saturated rings. The van der Waals surface area contributed by atoms with Crippen molar-refractivity contribution >= 4 is 15.9 Å². The fourth-order valence-electron chi connectivity index (χ4n) is 2.21. The first-order valence-electron chi connectivity index (χ1n) is 6.52. The lowest BCUT2D eigenvalue weighted by molar-refractivity contribution is 0.195. The van der Waals surface area contributed by atoms with Gasteiger partial charge in [0.15, 0.2) is 0 Å². The summed E-state index contributed by atoms with van der Waals surface area (Å²) in [6.07, 6.45) is 1.98. The third kappa shape index (κ3) is 2.74. The van der Waals surface area contributed by atoms with Gasteiger partial charge < -0.3 is 5.11 Å². The molecular formula is C13H19BrN4O. The van der Waals surface area contributed by atoms with Gasteiger partial charge in [0.2, 0.25) is 0 Å². The molecule has 2 aromatic heterocycles.